The van der Waals surface area contributed by atoms with Crippen molar-refractivity contribution in [3.8, 4) is 0 Å². The van der Waals surface area contributed by atoms with Crippen molar-refractivity contribution in [2.45, 2.75) is 26.6 Å². The zero-order valence-electron chi connectivity index (χ0n) is 19.4. The van der Waals surface area contributed by atoms with Crippen molar-refractivity contribution in [3.63, 3.8) is 0 Å². The molecule has 1 aromatic carbocycles. The first kappa shape index (κ1) is 26.0. The van der Waals surface area contributed by atoms with E-state index in [4.69, 9.17) is 0 Å². The van der Waals surface area contributed by atoms with Crippen molar-refractivity contribution >= 4 is 11.8 Å². The van der Waals surface area contributed by atoms with Gasteiger partial charge in [0.15, 0.2) is 11.6 Å². The van der Waals surface area contributed by atoms with Crippen LogP contribution in [0.2, 0.25) is 0 Å². The molecule has 1 spiro atoms. The molecule has 0 saturated carbocycles. The van der Waals surface area contributed by atoms with Gasteiger partial charge in [0.2, 0.25) is 5.91 Å². The van der Waals surface area contributed by atoms with Crippen LogP contribution >= 0.6 is 0 Å². The molecular weight excluding hydrogens is 494 g/mol. The fraction of sp³-hybridized carbons (Fsp3) is 0.522. The number of aliphatic hydroxyl groups excluding tert-OH is 1. The van der Waals surface area contributed by atoms with Gasteiger partial charge in [0.1, 0.15) is 11.2 Å². The number of halogens is 6. The van der Waals surface area contributed by atoms with E-state index >= 15 is 0 Å². The maximum Gasteiger partial charge on any atom is 0.402 e. The summed E-state index contributed by atoms with van der Waals surface area (Å²) in [6.07, 6.45) is -2.18. The summed E-state index contributed by atoms with van der Waals surface area (Å²) in [7, 11) is 0. The SMILES string of the molecule is CC(C)(C(=O)N1CC2(CN(C(=O)c3cnn(Cc4cc(F)c(F)cc4F)c3)CC2CO)C1)C(F)(F)F. The van der Waals surface area contributed by atoms with Crippen molar-refractivity contribution in [3.05, 3.63) is 53.1 Å². The van der Waals surface area contributed by atoms with Gasteiger partial charge in [-0.25, -0.2) is 13.2 Å². The van der Waals surface area contributed by atoms with Crippen LogP contribution in [-0.2, 0) is 11.3 Å². The average molecular weight is 518 g/mol. The first-order valence-electron chi connectivity index (χ1n) is 11.1. The fourth-order valence-electron chi connectivity index (χ4n) is 4.77. The molecule has 4 rings (SSSR count). The zero-order chi connectivity index (χ0) is 26.6. The van der Waals surface area contributed by atoms with Crippen molar-refractivity contribution in [2.24, 2.45) is 16.7 Å². The third kappa shape index (κ3) is 4.33. The number of amides is 2. The summed E-state index contributed by atoms with van der Waals surface area (Å²) >= 11 is 0. The van der Waals surface area contributed by atoms with Crippen LogP contribution in [-0.4, -0.2) is 75.5 Å². The van der Waals surface area contributed by atoms with Crippen molar-refractivity contribution in [1.29, 1.82) is 0 Å². The van der Waals surface area contributed by atoms with E-state index in [9.17, 15) is 41.0 Å². The number of aromatic nitrogens is 2. The van der Waals surface area contributed by atoms with E-state index in [0.717, 1.165) is 18.7 Å². The van der Waals surface area contributed by atoms with Gasteiger partial charge in [-0.05, 0) is 19.9 Å². The second kappa shape index (κ2) is 8.79. The lowest BCUT2D eigenvalue weighted by Crippen LogP contribution is -2.66. The van der Waals surface area contributed by atoms with Crippen LogP contribution in [0.3, 0.4) is 0 Å². The largest absolute Gasteiger partial charge is 0.402 e. The second-order valence-electron chi connectivity index (χ2n) is 10.00. The predicted molar refractivity (Wildman–Crippen MR) is 113 cm³/mol. The Balaban J connectivity index is 1.44. The molecule has 13 heteroatoms. The summed E-state index contributed by atoms with van der Waals surface area (Å²) in [5.41, 5.74) is -3.33. The zero-order valence-corrected chi connectivity index (χ0v) is 19.4. The van der Waals surface area contributed by atoms with Gasteiger partial charge in [0, 0.05) is 61.9 Å². The lowest BCUT2D eigenvalue weighted by atomic mass is 9.71. The Kier molecular flexibility index (Phi) is 6.34. The maximum absolute atomic E-state index is 13.9. The number of benzene rings is 1. The van der Waals surface area contributed by atoms with Crippen LogP contribution in [0.15, 0.2) is 24.5 Å². The van der Waals surface area contributed by atoms with Crippen molar-refractivity contribution < 1.29 is 41.0 Å². The Morgan fingerprint density at radius 2 is 1.67 bits per heavy atom. The Morgan fingerprint density at radius 3 is 2.28 bits per heavy atom. The minimum absolute atomic E-state index is 0.0188. The third-order valence-corrected chi connectivity index (χ3v) is 7.16. The highest BCUT2D eigenvalue weighted by Crippen LogP contribution is 2.47. The first-order valence-corrected chi connectivity index (χ1v) is 11.1. The van der Waals surface area contributed by atoms with E-state index in [2.05, 4.69) is 5.10 Å². The molecule has 7 nitrogen and oxygen atoms in total. The standard InChI is InChI=1S/C23H24F6N4O3/c1-21(2,23(27,28)29)20(36)32-11-22(12-32)10-31(8-15(22)9-34)19(35)14-5-30-33(7-14)6-13-3-17(25)18(26)4-16(13)24/h3-5,7,15,34H,6,8-12H2,1-2H3. The molecule has 196 valence electrons. The number of hydrogen-bond donors (Lipinski definition) is 1. The van der Waals surface area contributed by atoms with E-state index in [-0.39, 0.29) is 50.5 Å². The van der Waals surface area contributed by atoms with Crippen LogP contribution in [0, 0.1) is 34.2 Å². The molecule has 2 saturated heterocycles. The molecule has 2 aromatic rings. The van der Waals surface area contributed by atoms with Crippen LogP contribution in [0.5, 0.6) is 0 Å². The van der Waals surface area contributed by atoms with Crippen molar-refractivity contribution in [2.75, 3.05) is 32.8 Å². The molecular formula is C23H24F6N4O3. The van der Waals surface area contributed by atoms with Gasteiger partial charge in [-0.3, -0.25) is 14.3 Å². The molecule has 1 aromatic heterocycles. The minimum atomic E-state index is -4.72. The predicted octanol–water partition coefficient (Wildman–Crippen LogP) is 2.83. The highest BCUT2D eigenvalue weighted by molar-refractivity contribution is 5.94. The van der Waals surface area contributed by atoms with Crippen LogP contribution < -0.4 is 0 Å². The molecule has 1 unspecified atom stereocenters. The third-order valence-electron chi connectivity index (χ3n) is 7.16. The Bertz CT molecular complexity index is 1190. The molecule has 0 radical (unpaired) electrons. The summed E-state index contributed by atoms with van der Waals surface area (Å²) in [6.45, 7) is 1.27. The van der Waals surface area contributed by atoms with E-state index in [1.54, 1.807) is 0 Å². The summed E-state index contributed by atoms with van der Waals surface area (Å²) in [5, 5.41) is 13.8. The molecule has 2 aliphatic heterocycles. The van der Waals surface area contributed by atoms with Crippen LogP contribution in [0.1, 0.15) is 29.8 Å². The molecule has 36 heavy (non-hydrogen) atoms. The number of aliphatic hydroxyl groups is 1. The number of rotatable bonds is 5. The van der Waals surface area contributed by atoms with Crippen molar-refractivity contribution in [1.82, 2.24) is 19.6 Å². The monoisotopic (exact) mass is 518 g/mol. The highest BCUT2D eigenvalue weighted by Gasteiger charge is 2.61. The average Bonchev–Trinajstić information content (AvgIpc) is 3.39. The van der Waals surface area contributed by atoms with Gasteiger partial charge in [-0.15, -0.1) is 0 Å². The van der Waals surface area contributed by atoms with E-state index in [1.165, 1.54) is 22.0 Å². The second-order valence-corrected chi connectivity index (χ2v) is 10.00. The smallest absolute Gasteiger partial charge is 0.396 e. The lowest BCUT2D eigenvalue weighted by molar-refractivity contribution is -0.223. The molecule has 2 amide bonds. The number of carbonyl (C=O) groups is 2. The van der Waals surface area contributed by atoms with Gasteiger partial charge in [-0.2, -0.15) is 18.3 Å². The Hall–Kier alpha value is -3.09. The molecule has 0 bridgehead atoms. The molecule has 2 aliphatic rings. The molecule has 2 fully saturated rings. The summed E-state index contributed by atoms with van der Waals surface area (Å²) < 4.78 is 81.5. The molecule has 1 atom stereocenters. The molecule has 1 N–H and O–H groups in total. The maximum atomic E-state index is 13.9. The lowest BCUT2D eigenvalue weighted by Gasteiger charge is -2.52. The highest BCUT2D eigenvalue weighted by atomic mass is 19.4. The van der Waals surface area contributed by atoms with E-state index in [1.807, 2.05) is 0 Å². The quantitative estimate of drug-likeness (QED) is 0.488. The van der Waals surface area contributed by atoms with Crippen LogP contribution in [0.4, 0.5) is 26.3 Å². The molecule has 3 heterocycles. The Labute approximate surface area is 202 Å². The number of carbonyl (C=O) groups excluding carboxylic acids is 2. The van der Waals surface area contributed by atoms with Crippen LogP contribution in [0.25, 0.3) is 0 Å². The summed E-state index contributed by atoms with van der Waals surface area (Å²) in [6, 6.07) is 1.12. The number of hydrogen-bond acceptors (Lipinski definition) is 4. The summed E-state index contributed by atoms with van der Waals surface area (Å²) in [4.78, 5) is 28.0. The van der Waals surface area contributed by atoms with E-state index in [0.29, 0.717) is 12.1 Å². The number of alkyl halides is 3. The topological polar surface area (TPSA) is 78.7 Å². The number of nitrogens with zero attached hydrogens (tertiary/aromatic N) is 4. The first-order chi connectivity index (χ1) is 16.7. The van der Waals surface area contributed by atoms with Gasteiger partial charge in [0.25, 0.3) is 5.91 Å². The van der Waals surface area contributed by atoms with Gasteiger partial charge in [0.05, 0.1) is 18.3 Å². The van der Waals surface area contributed by atoms with Gasteiger partial charge < -0.3 is 14.9 Å². The number of likely N-dealkylation sites (tertiary alicyclic amines) is 2. The molecule has 0 aliphatic carbocycles. The minimum Gasteiger partial charge on any atom is -0.396 e. The van der Waals surface area contributed by atoms with E-state index < -0.39 is 52.2 Å². The summed E-state index contributed by atoms with van der Waals surface area (Å²) in [5.74, 6) is -5.49. The van der Waals surface area contributed by atoms with Gasteiger partial charge >= 0.3 is 6.18 Å². The fourth-order valence-corrected chi connectivity index (χ4v) is 4.77. The Morgan fingerprint density at radius 1 is 1.06 bits per heavy atom. The van der Waals surface area contributed by atoms with Gasteiger partial charge in [-0.1, -0.05) is 0 Å². The normalized spacial score (nSPS) is 19.6.